The molecule has 0 atom stereocenters. The Hall–Kier alpha value is -1.59. The summed E-state index contributed by atoms with van der Waals surface area (Å²) in [6.07, 6.45) is 1.36. The Bertz CT molecular complexity index is 303. The van der Waals surface area contributed by atoms with Gasteiger partial charge >= 0.3 is 6.09 Å². The van der Waals surface area contributed by atoms with Crippen LogP contribution in [-0.2, 0) is 4.74 Å². The molecule has 0 radical (unpaired) electrons. The molecule has 0 aliphatic heterocycles. The summed E-state index contributed by atoms with van der Waals surface area (Å²) in [5.41, 5.74) is 0.145. The SMILES string of the molecule is CC(C)(C)CCOC(=O)Nc1ncon1. The smallest absolute Gasteiger partial charge is 0.414 e. The van der Waals surface area contributed by atoms with Crippen LogP contribution in [0.4, 0.5) is 10.7 Å². The summed E-state index contributed by atoms with van der Waals surface area (Å²) >= 11 is 0. The maximum Gasteiger partial charge on any atom is 0.414 e. The number of carbonyl (C=O) groups is 1. The Morgan fingerprint density at radius 3 is 2.87 bits per heavy atom. The molecule has 0 aliphatic carbocycles. The number of hydrogen-bond donors (Lipinski definition) is 1. The molecule has 0 fully saturated rings. The summed E-state index contributed by atoms with van der Waals surface area (Å²) in [6.45, 7) is 6.60. The summed E-state index contributed by atoms with van der Waals surface area (Å²) < 4.78 is 9.36. The predicted molar refractivity (Wildman–Crippen MR) is 53.3 cm³/mol. The molecule has 0 unspecified atom stereocenters. The Morgan fingerprint density at radius 1 is 1.60 bits per heavy atom. The normalized spacial score (nSPS) is 11.1. The van der Waals surface area contributed by atoms with Gasteiger partial charge in [0.1, 0.15) is 0 Å². The van der Waals surface area contributed by atoms with E-state index in [2.05, 4.69) is 40.8 Å². The minimum Gasteiger partial charge on any atom is -0.449 e. The van der Waals surface area contributed by atoms with Crippen molar-refractivity contribution >= 4 is 12.0 Å². The van der Waals surface area contributed by atoms with Gasteiger partial charge in [0.15, 0.2) is 0 Å². The number of nitrogens with zero attached hydrogens (tertiary/aromatic N) is 2. The highest BCUT2D eigenvalue weighted by molar-refractivity contribution is 5.81. The van der Waals surface area contributed by atoms with Crippen LogP contribution in [0.25, 0.3) is 0 Å². The Labute approximate surface area is 88.0 Å². The number of amides is 1. The van der Waals surface area contributed by atoms with Gasteiger partial charge in [-0.2, -0.15) is 4.98 Å². The molecule has 1 heterocycles. The van der Waals surface area contributed by atoms with Gasteiger partial charge in [0.25, 0.3) is 5.95 Å². The number of nitrogens with one attached hydrogen (secondary N) is 1. The van der Waals surface area contributed by atoms with Crippen molar-refractivity contribution in [3.8, 4) is 0 Å². The van der Waals surface area contributed by atoms with Crippen LogP contribution in [0, 0.1) is 5.41 Å². The molecule has 6 heteroatoms. The average Bonchev–Trinajstić information content (AvgIpc) is 2.54. The van der Waals surface area contributed by atoms with Crippen molar-refractivity contribution in [2.45, 2.75) is 27.2 Å². The molecule has 84 valence electrons. The van der Waals surface area contributed by atoms with Crippen molar-refractivity contribution in [2.75, 3.05) is 11.9 Å². The van der Waals surface area contributed by atoms with Gasteiger partial charge in [-0.05, 0) is 17.0 Å². The van der Waals surface area contributed by atoms with E-state index in [0.29, 0.717) is 6.61 Å². The first kappa shape index (κ1) is 11.5. The Kier molecular flexibility index (Phi) is 3.65. The van der Waals surface area contributed by atoms with E-state index in [1.807, 2.05) is 0 Å². The van der Waals surface area contributed by atoms with Gasteiger partial charge < -0.3 is 9.26 Å². The van der Waals surface area contributed by atoms with Crippen LogP contribution in [0.5, 0.6) is 0 Å². The van der Waals surface area contributed by atoms with E-state index < -0.39 is 6.09 Å². The standard InChI is InChI=1S/C9H15N3O3/c1-9(2,3)4-5-14-8(13)11-7-10-6-15-12-7/h6H,4-5H2,1-3H3,(H,11,12,13). The van der Waals surface area contributed by atoms with Crippen LogP contribution in [-0.4, -0.2) is 22.8 Å². The van der Waals surface area contributed by atoms with Crippen molar-refractivity contribution in [2.24, 2.45) is 5.41 Å². The summed E-state index contributed by atoms with van der Waals surface area (Å²) in [6, 6.07) is 0. The highest BCUT2D eigenvalue weighted by Gasteiger charge is 2.12. The zero-order valence-corrected chi connectivity index (χ0v) is 9.11. The molecule has 15 heavy (non-hydrogen) atoms. The number of rotatable bonds is 3. The first-order valence-electron chi connectivity index (χ1n) is 4.67. The zero-order chi connectivity index (χ0) is 11.3. The minimum atomic E-state index is -0.569. The van der Waals surface area contributed by atoms with Crippen molar-refractivity contribution in [3.63, 3.8) is 0 Å². The Morgan fingerprint density at radius 2 is 2.33 bits per heavy atom. The van der Waals surface area contributed by atoms with Crippen molar-refractivity contribution in [1.29, 1.82) is 0 Å². The summed E-state index contributed by atoms with van der Waals surface area (Å²) in [5, 5.41) is 5.75. The molecule has 0 aromatic carbocycles. The lowest BCUT2D eigenvalue weighted by Crippen LogP contribution is -2.18. The average molecular weight is 213 g/mol. The quantitative estimate of drug-likeness (QED) is 0.831. The number of aromatic nitrogens is 2. The molecule has 6 nitrogen and oxygen atoms in total. The van der Waals surface area contributed by atoms with Crippen LogP contribution in [0.2, 0.25) is 0 Å². The van der Waals surface area contributed by atoms with Gasteiger partial charge in [-0.1, -0.05) is 20.8 Å². The number of carbonyl (C=O) groups excluding carboxylic acids is 1. The van der Waals surface area contributed by atoms with Crippen LogP contribution >= 0.6 is 0 Å². The largest absolute Gasteiger partial charge is 0.449 e. The van der Waals surface area contributed by atoms with Gasteiger partial charge in [-0.25, -0.2) is 4.79 Å². The highest BCUT2D eigenvalue weighted by Crippen LogP contribution is 2.17. The fourth-order valence-electron chi connectivity index (χ4n) is 0.803. The molecular weight excluding hydrogens is 198 g/mol. The lowest BCUT2D eigenvalue weighted by Gasteiger charge is -2.17. The molecular formula is C9H15N3O3. The monoisotopic (exact) mass is 213 g/mol. The topological polar surface area (TPSA) is 77.2 Å². The van der Waals surface area contributed by atoms with E-state index >= 15 is 0 Å². The molecule has 0 aliphatic rings. The maximum atomic E-state index is 11.1. The molecule has 1 rings (SSSR count). The van der Waals surface area contributed by atoms with Gasteiger partial charge in [-0.3, -0.25) is 5.32 Å². The van der Waals surface area contributed by atoms with Gasteiger partial charge in [0.05, 0.1) is 6.61 Å². The first-order chi connectivity index (χ1) is 6.97. The number of hydrogen-bond acceptors (Lipinski definition) is 5. The van der Waals surface area contributed by atoms with E-state index in [-0.39, 0.29) is 11.4 Å². The van der Waals surface area contributed by atoms with E-state index in [4.69, 9.17) is 4.74 Å². The van der Waals surface area contributed by atoms with Gasteiger partial charge in [-0.15, -0.1) is 0 Å². The number of anilines is 1. The molecule has 0 spiro atoms. The molecule has 1 aromatic heterocycles. The third kappa shape index (κ3) is 4.99. The zero-order valence-electron chi connectivity index (χ0n) is 9.11. The Balaban J connectivity index is 2.20. The summed E-state index contributed by atoms with van der Waals surface area (Å²) in [7, 11) is 0. The predicted octanol–water partition coefficient (Wildman–Crippen LogP) is 2.05. The molecule has 0 saturated carbocycles. The maximum absolute atomic E-state index is 11.1. The highest BCUT2D eigenvalue weighted by atomic mass is 16.5. The second-order valence-electron chi connectivity index (χ2n) is 4.33. The first-order valence-corrected chi connectivity index (χ1v) is 4.67. The fourth-order valence-corrected chi connectivity index (χ4v) is 0.803. The van der Waals surface area contributed by atoms with E-state index in [0.717, 1.165) is 12.8 Å². The van der Waals surface area contributed by atoms with Crippen molar-refractivity contribution < 1.29 is 14.1 Å². The fraction of sp³-hybridized carbons (Fsp3) is 0.667. The molecule has 1 amide bonds. The van der Waals surface area contributed by atoms with E-state index in [1.54, 1.807) is 0 Å². The second-order valence-corrected chi connectivity index (χ2v) is 4.33. The second kappa shape index (κ2) is 4.77. The number of ether oxygens (including phenoxy) is 1. The van der Waals surface area contributed by atoms with E-state index in [1.165, 1.54) is 0 Å². The minimum absolute atomic E-state index is 0.107. The molecule has 1 N–H and O–H groups in total. The third-order valence-corrected chi connectivity index (χ3v) is 1.66. The molecule has 1 aromatic rings. The molecule has 0 saturated heterocycles. The molecule has 0 bridgehead atoms. The lowest BCUT2D eigenvalue weighted by molar-refractivity contribution is 0.145. The van der Waals surface area contributed by atoms with E-state index in [9.17, 15) is 4.79 Å². The van der Waals surface area contributed by atoms with Crippen LogP contribution in [0.1, 0.15) is 27.2 Å². The summed E-state index contributed by atoms with van der Waals surface area (Å²) in [5.74, 6) is 0.107. The summed E-state index contributed by atoms with van der Waals surface area (Å²) in [4.78, 5) is 14.8. The van der Waals surface area contributed by atoms with Gasteiger partial charge in [0, 0.05) is 0 Å². The van der Waals surface area contributed by atoms with Gasteiger partial charge in [0.2, 0.25) is 6.39 Å². The van der Waals surface area contributed by atoms with Crippen molar-refractivity contribution in [1.82, 2.24) is 10.1 Å². The van der Waals surface area contributed by atoms with Crippen molar-refractivity contribution in [3.05, 3.63) is 6.39 Å². The van der Waals surface area contributed by atoms with Crippen LogP contribution in [0.3, 0.4) is 0 Å². The lowest BCUT2D eigenvalue weighted by atomic mass is 9.93. The van der Waals surface area contributed by atoms with Crippen LogP contribution in [0.15, 0.2) is 10.9 Å². The van der Waals surface area contributed by atoms with Crippen LogP contribution < -0.4 is 5.32 Å². The third-order valence-electron chi connectivity index (χ3n) is 1.66.